The molecule has 0 aliphatic heterocycles. The minimum absolute atomic E-state index is 0.0209. The van der Waals surface area contributed by atoms with Gasteiger partial charge in [0.1, 0.15) is 11.6 Å². The molecule has 2 aromatic carbocycles. The van der Waals surface area contributed by atoms with Gasteiger partial charge in [-0.25, -0.2) is 4.39 Å². The molecule has 34 heavy (non-hydrogen) atoms. The van der Waals surface area contributed by atoms with E-state index in [0.717, 1.165) is 31.2 Å². The summed E-state index contributed by atoms with van der Waals surface area (Å²) < 4.78 is 16.8. The number of para-hydroxylation sites is 1. The van der Waals surface area contributed by atoms with Gasteiger partial charge in [-0.3, -0.25) is 18.6 Å². The zero-order valence-corrected chi connectivity index (χ0v) is 19.0. The average Bonchev–Trinajstić information content (AvgIpc) is 3.10. The highest BCUT2D eigenvalue weighted by molar-refractivity contribution is 5.80. The number of halogens is 1. The molecule has 1 fully saturated rings. The fourth-order valence-electron chi connectivity index (χ4n) is 4.84. The van der Waals surface area contributed by atoms with Crippen molar-refractivity contribution in [3.05, 3.63) is 76.1 Å². The third kappa shape index (κ3) is 4.58. The van der Waals surface area contributed by atoms with Crippen LogP contribution in [-0.2, 0) is 17.8 Å². The summed E-state index contributed by atoms with van der Waals surface area (Å²) in [7, 11) is 0. The quantitative estimate of drug-likeness (QED) is 0.440. The zero-order valence-electron chi connectivity index (χ0n) is 19.0. The topological polar surface area (TPSA) is 81.3 Å². The summed E-state index contributed by atoms with van der Waals surface area (Å²) in [5, 5.41) is 12.4. The number of hydrogen-bond acceptors (Lipinski definition) is 4. The summed E-state index contributed by atoms with van der Waals surface area (Å²) in [4.78, 5) is 25.9. The predicted molar refractivity (Wildman–Crippen MR) is 128 cm³/mol. The molecule has 1 saturated carbocycles. The van der Waals surface area contributed by atoms with Crippen molar-refractivity contribution in [2.45, 2.75) is 64.0 Å². The van der Waals surface area contributed by atoms with Crippen molar-refractivity contribution in [3.63, 3.8) is 0 Å². The third-order valence-electron chi connectivity index (χ3n) is 6.62. The Bertz CT molecular complexity index is 1370. The van der Waals surface area contributed by atoms with Crippen LogP contribution >= 0.6 is 0 Å². The van der Waals surface area contributed by atoms with Gasteiger partial charge in [-0.15, -0.1) is 10.2 Å². The van der Waals surface area contributed by atoms with Crippen LogP contribution in [0.5, 0.6) is 0 Å². The third-order valence-corrected chi connectivity index (χ3v) is 6.62. The molecular formula is C26H28FN5O2. The van der Waals surface area contributed by atoms with E-state index >= 15 is 0 Å². The largest absolute Gasteiger partial charge is 0.353 e. The van der Waals surface area contributed by atoms with Crippen molar-refractivity contribution in [1.82, 2.24) is 24.5 Å². The molecule has 1 N–H and O–H groups in total. The summed E-state index contributed by atoms with van der Waals surface area (Å²) in [6, 6.07) is 13.7. The van der Waals surface area contributed by atoms with E-state index in [1.54, 1.807) is 22.8 Å². The minimum atomic E-state index is -0.327. The Labute approximate surface area is 196 Å². The maximum Gasteiger partial charge on any atom is 0.263 e. The molecule has 5 rings (SSSR count). The zero-order chi connectivity index (χ0) is 23.5. The van der Waals surface area contributed by atoms with Crippen LogP contribution in [-0.4, -0.2) is 31.1 Å². The van der Waals surface area contributed by atoms with Gasteiger partial charge in [-0.05, 0) is 42.7 Å². The average molecular weight is 462 g/mol. The number of hydrogen-bond donors (Lipinski definition) is 1. The van der Waals surface area contributed by atoms with Crippen LogP contribution in [0.3, 0.4) is 0 Å². The van der Waals surface area contributed by atoms with Crippen LogP contribution < -0.4 is 10.9 Å². The van der Waals surface area contributed by atoms with Crippen molar-refractivity contribution in [2.24, 2.45) is 0 Å². The molecule has 0 spiro atoms. The Morgan fingerprint density at radius 1 is 1.00 bits per heavy atom. The number of amides is 1. The normalized spacial score (nSPS) is 15.0. The van der Waals surface area contributed by atoms with Crippen LogP contribution in [0.4, 0.5) is 4.39 Å². The van der Waals surface area contributed by atoms with Gasteiger partial charge in [-0.2, -0.15) is 0 Å². The first-order valence-electron chi connectivity index (χ1n) is 12.0. The predicted octanol–water partition coefficient (Wildman–Crippen LogP) is 4.00. The highest BCUT2D eigenvalue weighted by Crippen LogP contribution is 2.19. The second-order valence-corrected chi connectivity index (χ2v) is 9.04. The van der Waals surface area contributed by atoms with E-state index in [4.69, 9.17) is 0 Å². The number of fused-ring (bicyclic) bond motifs is 3. The molecule has 1 amide bonds. The van der Waals surface area contributed by atoms with Gasteiger partial charge in [0.2, 0.25) is 11.7 Å². The van der Waals surface area contributed by atoms with Gasteiger partial charge in [0.15, 0.2) is 0 Å². The molecule has 176 valence electrons. The smallest absolute Gasteiger partial charge is 0.263 e. The van der Waals surface area contributed by atoms with Crippen LogP contribution in [0.15, 0.2) is 53.3 Å². The number of carbonyl (C=O) groups is 1. The highest BCUT2D eigenvalue weighted by Gasteiger charge is 2.19. The van der Waals surface area contributed by atoms with Crippen molar-refractivity contribution < 1.29 is 9.18 Å². The van der Waals surface area contributed by atoms with Crippen molar-refractivity contribution in [2.75, 3.05) is 0 Å². The molecule has 0 radical (unpaired) electrons. The highest BCUT2D eigenvalue weighted by atomic mass is 19.1. The summed E-state index contributed by atoms with van der Waals surface area (Å²) in [5.41, 5.74) is 1.31. The molecular weight excluding hydrogens is 433 g/mol. The van der Waals surface area contributed by atoms with Crippen LogP contribution in [0.2, 0.25) is 0 Å². The molecule has 2 heterocycles. The standard InChI is InChI=1S/C26H28FN5O2/c27-19-13-11-18(12-14-19)17-31-25(34)21-9-5-6-10-22(21)32-23(29-30-26(31)32)15-16-24(33)28-20-7-3-1-2-4-8-20/h5-6,9-14,20H,1-4,7-8,15-17H2,(H,28,33). The first-order valence-corrected chi connectivity index (χ1v) is 12.0. The second kappa shape index (κ2) is 9.75. The molecule has 0 atom stereocenters. The van der Waals surface area contributed by atoms with Gasteiger partial charge in [0.05, 0.1) is 17.4 Å². The first kappa shape index (κ1) is 22.3. The molecule has 2 aromatic heterocycles. The number of rotatable bonds is 6. The number of aromatic nitrogens is 4. The number of nitrogens with one attached hydrogen (secondary N) is 1. The van der Waals surface area contributed by atoms with E-state index < -0.39 is 0 Å². The fourth-order valence-corrected chi connectivity index (χ4v) is 4.84. The molecule has 0 bridgehead atoms. The molecule has 8 heteroatoms. The maximum atomic E-state index is 13.4. The summed E-state index contributed by atoms with van der Waals surface area (Å²) >= 11 is 0. The lowest BCUT2D eigenvalue weighted by atomic mass is 10.1. The van der Waals surface area contributed by atoms with Gasteiger partial charge >= 0.3 is 0 Å². The van der Waals surface area contributed by atoms with E-state index in [9.17, 15) is 14.0 Å². The van der Waals surface area contributed by atoms with Gasteiger partial charge in [0.25, 0.3) is 5.56 Å². The fraction of sp³-hybridized carbons (Fsp3) is 0.385. The van der Waals surface area contributed by atoms with E-state index in [2.05, 4.69) is 15.5 Å². The summed E-state index contributed by atoms with van der Waals surface area (Å²) in [5.74, 6) is 0.738. The van der Waals surface area contributed by atoms with Crippen molar-refractivity contribution in [1.29, 1.82) is 0 Å². The number of carbonyl (C=O) groups excluding carboxylic acids is 1. The van der Waals surface area contributed by atoms with Crippen LogP contribution in [0.1, 0.15) is 56.3 Å². The van der Waals surface area contributed by atoms with Crippen molar-refractivity contribution >= 4 is 22.6 Å². The number of nitrogens with zero attached hydrogens (tertiary/aromatic N) is 4. The lowest BCUT2D eigenvalue weighted by molar-refractivity contribution is -0.121. The molecule has 7 nitrogen and oxygen atoms in total. The van der Waals surface area contributed by atoms with E-state index in [1.165, 1.54) is 25.0 Å². The summed E-state index contributed by atoms with van der Waals surface area (Å²) in [6.45, 7) is 0.244. The van der Waals surface area contributed by atoms with Gasteiger partial charge in [-0.1, -0.05) is 49.9 Å². The monoisotopic (exact) mass is 461 g/mol. The second-order valence-electron chi connectivity index (χ2n) is 9.04. The Kier molecular flexibility index (Phi) is 6.38. The molecule has 4 aromatic rings. The van der Waals surface area contributed by atoms with E-state index in [-0.39, 0.29) is 29.9 Å². The lowest BCUT2D eigenvalue weighted by Gasteiger charge is -2.16. The minimum Gasteiger partial charge on any atom is -0.353 e. The molecule has 1 aliphatic rings. The molecule has 0 unspecified atom stereocenters. The molecule has 1 aliphatic carbocycles. The van der Waals surface area contributed by atoms with E-state index in [1.807, 2.05) is 22.6 Å². The Balaban J connectivity index is 1.45. The Morgan fingerprint density at radius 2 is 1.74 bits per heavy atom. The van der Waals surface area contributed by atoms with Crippen LogP contribution in [0.25, 0.3) is 16.7 Å². The van der Waals surface area contributed by atoms with E-state index in [0.29, 0.717) is 35.3 Å². The number of aryl methyl sites for hydroxylation is 1. The summed E-state index contributed by atoms with van der Waals surface area (Å²) in [6.07, 6.45) is 7.62. The number of benzene rings is 2. The van der Waals surface area contributed by atoms with Gasteiger partial charge in [0, 0.05) is 18.9 Å². The van der Waals surface area contributed by atoms with Gasteiger partial charge < -0.3 is 5.32 Å². The molecule has 0 saturated heterocycles. The Morgan fingerprint density at radius 3 is 2.50 bits per heavy atom. The lowest BCUT2D eigenvalue weighted by Crippen LogP contribution is -2.34. The van der Waals surface area contributed by atoms with Crippen LogP contribution in [0, 0.1) is 5.82 Å². The van der Waals surface area contributed by atoms with Crippen molar-refractivity contribution in [3.8, 4) is 0 Å². The first-order chi connectivity index (χ1) is 16.6. The SMILES string of the molecule is O=C(CCc1nnc2n(Cc3ccc(F)cc3)c(=O)c3ccccc3n12)NC1CCCCCC1. The Hall–Kier alpha value is -3.55. The maximum absolute atomic E-state index is 13.4.